The van der Waals surface area contributed by atoms with E-state index >= 15 is 0 Å². The van der Waals surface area contributed by atoms with Gasteiger partial charge in [0, 0.05) is 12.0 Å². The van der Waals surface area contributed by atoms with Crippen LogP contribution in [-0.2, 0) is 33.3 Å². The first kappa shape index (κ1) is 21.7. The van der Waals surface area contributed by atoms with Crippen molar-refractivity contribution in [3.8, 4) is 0 Å². The molecule has 2 aromatic carbocycles. The summed E-state index contributed by atoms with van der Waals surface area (Å²) in [6, 6.07) is 14.8. The van der Waals surface area contributed by atoms with Gasteiger partial charge >= 0.3 is 5.97 Å². The molecule has 1 aromatic heterocycles. The molecule has 30 heavy (non-hydrogen) atoms. The van der Waals surface area contributed by atoms with Gasteiger partial charge in [-0.2, -0.15) is 4.98 Å². The molecule has 1 N–H and O–H groups in total. The highest BCUT2D eigenvalue weighted by atomic mass is 32.2. The van der Waals surface area contributed by atoms with Gasteiger partial charge in [-0.25, -0.2) is 17.9 Å². The van der Waals surface area contributed by atoms with E-state index in [2.05, 4.69) is 14.9 Å². The lowest BCUT2D eigenvalue weighted by Crippen LogP contribution is -2.23. The Hall–Kier alpha value is -3.04. The van der Waals surface area contributed by atoms with E-state index in [0.29, 0.717) is 5.82 Å². The van der Waals surface area contributed by atoms with E-state index in [1.54, 1.807) is 0 Å². The summed E-state index contributed by atoms with van der Waals surface area (Å²) in [5.74, 6) is -0.0154. The molecule has 0 fully saturated rings. The standard InChI is InChI=1S/C21H23N3O5S/c1-21(2,3)20-23-18(29-24-20)14-28-19(25)16-10-7-11-17(12-16)30(26,27)22-13-15-8-5-4-6-9-15/h4-12,22H,13-14H2,1-3H3. The normalized spacial score (nSPS) is 12.0. The summed E-state index contributed by atoms with van der Waals surface area (Å²) < 4.78 is 37.9. The van der Waals surface area contributed by atoms with Crippen molar-refractivity contribution in [3.05, 3.63) is 77.4 Å². The number of ether oxygens (including phenoxy) is 1. The van der Waals surface area contributed by atoms with Crippen LogP contribution in [0.5, 0.6) is 0 Å². The van der Waals surface area contributed by atoms with E-state index < -0.39 is 16.0 Å². The number of esters is 1. The van der Waals surface area contributed by atoms with Crippen molar-refractivity contribution < 1.29 is 22.5 Å². The molecule has 1 heterocycles. The molecule has 0 radical (unpaired) electrons. The molecule has 8 nitrogen and oxygen atoms in total. The van der Waals surface area contributed by atoms with Gasteiger partial charge < -0.3 is 9.26 Å². The van der Waals surface area contributed by atoms with E-state index in [9.17, 15) is 13.2 Å². The molecular formula is C21H23N3O5S. The minimum atomic E-state index is -3.79. The Morgan fingerprint density at radius 3 is 2.50 bits per heavy atom. The predicted octanol–water partition coefficient (Wildman–Crippen LogP) is 3.20. The number of benzene rings is 2. The Labute approximate surface area is 175 Å². The number of hydrogen-bond donors (Lipinski definition) is 1. The maximum absolute atomic E-state index is 12.6. The maximum atomic E-state index is 12.6. The summed E-state index contributed by atoms with van der Waals surface area (Å²) in [4.78, 5) is 16.5. The quantitative estimate of drug-likeness (QED) is 0.574. The molecule has 0 atom stereocenters. The number of hydrogen-bond acceptors (Lipinski definition) is 7. The highest BCUT2D eigenvalue weighted by Crippen LogP contribution is 2.19. The number of carbonyl (C=O) groups is 1. The Morgan fingerprint density at radius 1 is 1.10 bits per heavy atom. The fourth-order valence-electron chi connectivity index (χ4n) is 2.48. The number of nitrogens with zero attached hydrogens (tertiary/aromatic N) is 2. The van der Waals surface area contributed by atoms with Crippen molar-refractivity contribution in [1.29, 1.82) is 0 Å². The zero-order chi connectivity index (χ0) is 21.8. The fraction of sp³-hybridized carbons (Fsp3) is 0.286. The molecule has 0 bridgehead atoms. The van der Waals surface area contributed by atoms with Crippen molar-refractivity contribution in [2.24, 2.45) is 0 Å². The highest BCUT2D eigenvalue weighted by Gasteiger charge is 2.22. The van der Waals surface area contributed by atoms with Gasteiger partial charge in [0.15, 0.2) is 12.4 Å². The van der Waals surface area contributed by atoms with Crippen molar-refractivity contribution in [2.75, 3.05) is 0 Å². The summed E-state index contributed by atoms with van der Waals surface area (Å²) in [6.07, 6.45) is 0. The van der Waals surface area contributed by atoms with E-state index in [4.69, 9.17) is 9.26 Å². The zero-order valence-electron chi connectivity index (χ0n) is 17.0. The van der Waals surface area contributed by atoms with Crippen molar-refractivity contribution in [1.82, 2.24) is 14.9 Å². The average molecular weight is 429 g/mol. The molecule has 0 aliphatic heterocycles. The second-order valence-electron chi connectivity index (χ2n) is 7.68. The van der Waals surface area contributed by atoms with Gasteiger partial charge in [0.05, 0.1) is 10.5 Å². The Kier molecular flexibility index (Phi) is 6.33. The van der Waals surface area contributed by atoms with Gasteiger partial charge in [0.2, 0.25) is 10.0 Å². The largest absolute Gasteiger partial charge is 0.452 e. The van der Waals surface area contributed by atoms with E-state index in [1.807, 2.05) is 51.1 Å². The SMILES string of the molecule is CC(C)(C)c1noc(COC(=O)c2cccc(S(=O)(=O)NCc3ccccc3)c2)n1. The second-order valence-corrected chi connectivity index (χ2v) is 9.44. The van der Waals surface area contributed by atoms with Crippen molar-refractivity contribution in [3.63, 3.8) is 0 Å². The molecule has 0 spiro atoms. The molecule has 158 valence electrons. The summed E-state index contributed by atoms with van der Waals surface area (Å²) in [6.45, 7) is 5.75. The van der Waals surface area contributed by atoms with Crippen LogP contribution in [0, 0.1) is 0 Å². The second kappa shape index (κ2) is 8.76. The molecule has 0 amide bonds. The highest BCUT2D eigenvalue weighted by molar-refractivity contribution is 7.89. The molecule has 0 saturated heterocycles. The third-order valence-electron chi connectivity index (χ3n) is 4.15. The Bertz CT molecular complexity index is 1120. The molecule has 0 aliphatic carbocycles. The monoisotopic (exact) mass is 429 g/mol. The molecule has 0 saturated carbocycles. The summed E-state index contributed by atoms with van der Waals surface area (Å²) in [5, 5.41) is 3.87. The van der Waals surface area contributed by atoms with Crippen LogP contribution in [0.2, 0.25) is 0 Å². The molecular weight excluding hydrogens is 406 g/mol. The smallest absolute Gasteiger partial charge is 0.338 e. The van der Waals surface area contributed by atoms with Crippen LogP contribution >= 0.6 is 0 Å². The topological polar surface area (TPSA) is 111 Å². The lowest BCUT2D eigenvalue weighted by molar-refractivity contribution is 0.0429. The number of rotatable bonds is 7. The zero-order valence-corrected chi connectivity index (χ0v) is 17.8. The lowest BCUT2D eigenvalue weighted by Gasteiger charge is -2.10. The third kappa shape index (κ3) is 5.52. The Morgan fingerprint density at radius 2 is 1.83 bits per heavy atom. The van der Waals surface area contributed by atoms with Crippen LogP contribution in [0.3, 0.4) is 0 Å². The van der Waals surface area contributed by atoms with Crippen LogP contribution in [-0.4, -0.2) is 24.5 Å². The predicted molar refractivity (Wildman–Crippen MR) is 109 cm³/mol. The molecule has 9 heteroatoms. The maximum Gasteiger partial charge on any atom is 0.338 e. The summed E-state index contributed by atoms with van der Waals surface area (Å²) in [5.41, 5.74) is 0.639. The fourth-order valence-corrected chi connectivity index (χ4v) is 3.54. The van der Waals surface area contributed by atoms with Crippen molar-refractivity contribution in [2.45, 2.75) is 44.2 Å². The van der Waals surface area contributed by atoms with Crippen LogP contribution in [0.4, 0.5) is 0 Å². The van der Waals surface area contributed by atoms with E-state index in [-0.39, 0.29) is 34.9 Å². The van der Waals surface area contributed by atoms with Gasteiger partial charge in [-0.3, -0.25) is 0 Å². The molecule has 0 aliphatic rings. The van der Waals surface area contributed by atoms with Gasteiger partial charge in [-0.1, -0.05) is 62.3 Å². The minimum Gasteiger partial charge on any atom is -0.452 e. The van der Waals surface area contributed by atoms with E-state index in [0.717, 1.165) is 5.56 Å². The van der Waals surface area contributed by atoms with Gasteiger partial charge in [-0.05, 0) is 23.8 Å². The van der Waals surface area contributed by atoms with Crippen LogP contribution in [0.25, 0.3) is 0 Å². The summed E-state index contributed by atoms with van der Waals surface area (Å²) >= 11 is 0. The van der Waals surface area contributed by atoms with Crippen LogP contribution in [0.15, 0.2) is 64.0 Å². The van der Waals surface area contributed by atoms with Gasteiger partial charge in [0.25, 0.3) is 5.89 Å². The molecule has 3 rings (SSSR count). The first-order chi connectivity index (χ1) is 14.1. The lowest BCUT2D eigenvalue weighted by atomic mass is 9.96. The number of aromatic nitrogens is 2. The van der Waals surface area contributed by atoms with Crippen molar-refractivity contribution >= 4 is 16.0 Å². The van der Waals surface area contributed by atoms with Crippen LogP contribution < -0.4 is 4.72 Å². The Balaban J connectivity index is 1.65. The molecule has 0 unspecified atom stereocenters. The van der Waals surface area contributed by atoms with Gasteiger partial charge in [0.1, 0.15) is 0 Å². The minimum absolute atomic E-state index is 0.0271. The van der Waals surface area contributed by atoms with Crippen LogP contribution in [0.1, 0.15) is 48.4 Å². The number of nitrogens with one attached hydrogen (secondary N) is 1. The summed E-state index contributed by atoms with van der Waals surface area (Å²) in [7, 11) is -3.79. The molecule has 3 aromatic rings. The van der Waals surface area contributed by atoms with Gasteiger partial charge in [-0.15, -0.1) is 0 Å². The number of sulfonamides is 1. The average Bonchev–Trinajstić information content (AvgIpc) is 3.21. The number of carbonyl (C=O) groups excluding carboxylic acids is 1. The first-order valence-corrected chi connectivity index (χ1v) is 10.8. The van der Waals surface area contributed by atoms with E-state index in [1.165, 1.54) is 24.3 Å². The first-order valence-electron chi connectivity index (χ1n) is 9.29. The third-order valence-corrected chi connectivity index (χ3v) is 5.55.